The van der Waals surface area contributed by atoms with Crippen molar-refractivity contribution >= 4 is 21.5 Å². The van der Waals surface area contributed by atoms with E-state index in [0.29, 0.717) is 30.9 Å². The maximum atomic E-state index is 15.3. The number of nitrogens with one attached hydrogen (secondary N) is 1. The molecule has 184 valence electrons. The summed E-state index contributed by atoms with van der Waals surface area (Å²) >= 11 is 0. The van der Waals surface area contributed by atoms with E-state index < -0.39 is 32.5 Å². The highest BCUT2D eigenvalue weighted by Crippen LogP contribution is 2.53. The van der Waals surface area contributed by atoms with Gasteiger partial charge in [-0.2, -0.15) is 4.39 Å². The van der Waals surface area contributed by atoms with Crippen molar-refractivity contribution in [1.82, 2.24) is 9.88 Å². The molecule has 1 aliphatic heterocycles. The van der Waals surface area contributed by atoms with Crippen LogP contribution in [0.15, 0.2) is 29.2 Å². The number of anilines is 2. The normalized spacial score (nSPS) is 25.0. The van der Waals surface area contributed by atoms with Gasteiger partial charge in [-0.05, 0) is 64.3 Å². The van der Waals surface area contributed by atoms with Gasteiger partial charge < -0.3 is 4.90 Å². The average molecular weight is 495 g/mol. The molecule has 2 atom stereocenters. The molecule has 3 aliphatic rings. The molecule has 2 saturated carbocycles. The third-order valence-corrected chi connectivity index (χ3v) is 9.50. The van der Waals surface area contributed by atoms with Crippen LogP contribution in [0.4, 0.5) is 24.7 Å². The van der Waals surface area contributed by atoms with E-state index in [9.17, 15) is 12.8 Å². The SMILES string of the molecule is Cc1c(N2CC[C@@]3(CC[C@@H]3N(C)C3CCC3)C2)cc(F)c(S(=O)(=O)Nc2cccc(F)n2)c1F. The van der Waals surface area contributed by atoms with E-state index in [0.717, 1.165) is 31.4 Å². The van der Waals surface area contributed by atoms with Gasteiger partial charge in [0.15, 0.2) is 10.7 Å². The Bertz CT molecular complexity index is 1220. The van der Waals surface area contributed by atoms with Crippen LogP contribution in [0.1, 0.15) is 44.1 Å². The van der Waals surface area contributed by atoms with Gasteiger partial charge in [0.2, 0.25) is 5.95 Å². The Kier molecular flexibility index (Phi) is 5.79. The van der Waals surface area contributed by atoms with Crippen LogP contribution in [0.3, 0.4) is 0 Å². The fourth-order valence-electron chi connectivity index (χ4n) is 5.85. The topological polar surface area (TPSA) is 65.5 Å². The average Bonchev–Trinajstić information content (AvgIpc) is 3.15. The van der Waals surface area contributed by atoms with Gasteiger partial charge in [-0.15, -0.1) is 0 Å². The van der Waals surface area contributed by atoms with Crippen molar-refractivity contribution in [2.75, 3.05) is 29.8 Å². The molecular formula is C24H29F3N4O2S. The number of hydrogen-bond donors (Lipinski definition) is 1. The predicted molar refractivity (Wildman–Crippen MR) is 124 cm³/mol. The predicted octanol–water partition coefficient (Wildman–Crippen LogP) is 4.45. The molecule has 2 aliphatic carbocycles. The molecule has 10 heteroatoms. The van der Waals surface area contributed by atoms with Gasteiger partial charge in [-0.1, -0.05) is 12.5 Å². The lowest BCUT2D eigenvalue weighted by molar-refractivity contribution is -0.0367. The molecule has 1 aromatic heterocycles. The molecule has 2 heterocycles. The maximum absolute atomic E-state index is 15.3. The minimum absolute atomic E-state index is 0.0780. The van der Waals surface area contributed by atoms with E-state index in [-0.39, 0.29) is 16.8 Å². The number of aromatic nitrogens is 1. The third-order valence-electron chi connectivity index (χ3n) is 8.11. The zero-order valence-electron chi connectivity index (χ0n) is 19.3. The lowest BCUT2D eigenvalue weighted by Gasteiger charge is -2.55. The molecule has 1 aromatic carbocycles. The van der Waals surface area contributed by atoms with E-state index in [4.69, 9.17) is 0 Å². The molecule has 2 aromatic rings. The number of sulfonamides is 1. The maximum Gasteiger partial charge on any atom is 0.268 e. The van der Waals surface area contributed by atoms with Crippen molar-refractivity contribution in [3.05, 3.63) is 47.4 Å². The highest BCUT2D eigenvalue weighted by atomic mass is 32.2. The first-order valence-electron chi connectivity index (χ1n) is 11.7. The Balaban J connectivity index is 1.39. The van der Waals surface area contributed by atoms with Gasteiger partial charge in [0, 0.05) is 41.8 Å². The molecule has 0 unspecified atom stereocenters. The summed E-state index contributed by atoms with van der Waals surface area (Å²) in [4.78, 5) is 6.82. The van der Waals surface area contributed by atoms with Crippen LogP contribution >= 0.6 is 0 Å². The first kappa shape index (κ1) is 23.4. The minimum atomic E-state index is -4.65. The summed E-state index contributed by atoms with van der Waals surface area (Å²) in [5.74, 6) is -3.59. The summed E-state index contributed by atoms with van der Waals surface area (Å²) in [6.07, 6.45) is 6.92. The van der Waals surface area contributed by atoms with Crippen molar-refractivity contribution in [3.8, 4) is 0 Å². The highest BCUT2D eigenvalue weighted by molar-refractivity contribution is 7.92. The van der Waals surface area contributed by atoms with Gasteiger partial charge in [0.05, 0.1) is 0 Å². The lowest BCUT2D eigenvalue weighted by atomic mass is 9.62. The molecule has 1 N–H and O–H groups in total. The Morgan fingerprint density at radius 2 is 1.94 bits per heavy atom. The van der Waals surface area contributed by atoms with Crippen molar-refractivity contribution in [1.29, 1.82) is 0 Å². The summed E-state index contributed by atoms with van der Waals surface area (Å²) < 4.78 is 71.2. The van der Waals surface area contributed by atoms with Gasteiger partial charge >= 0.3 is 0 Å². The van der Waals surface area contributed by atoms with E-state index in [2.05, 4.69) is 16.9 Å². The zero-order chi connectivity index (χ0) is 24.3. The van der Waals surface area contributed by atoms with Crippen LogP contribution in [0, 0.1) is 29.9 Å². The second-order valence-electron chi connectivity index (χ2n) is 9.94. The first-order valence-corrected chi connectivity index (χ1v) is 13.2. The zero-order valence-corrected chi connectivity index (χ0v) is 20.1. The number of halogens is 3. The number of pyridine rings is 1. The highest BCUT2D eigenvalue weighted by Gasteiger charge is 2.53. The summed E-state index contributed by atoms with van der Waals surface area (Å²) in [7, 11) is -2.45. The number of rotatable bonds is 6. The fraction of sp³-hybridized carbons (Fsp3) is 0.542. The molecule has 34 heavy (non-hydrogen) atoms. The van der Waals surface area contributed by atoms with Gasteiger partial charge in [0.25, 0.3) is 10.0 Å². The van der Waals surface area contributed by atoms with Crippen molar-refractivity contribution < 1.29 is 21.6 Å². The lowest BCUT2D eigenvalue weighted by Crippen LogP contribution is -2.59. The van der Waals surface area contributed by atoms with E-state index >= 15 is 8.78 Å². The molecule has 5 rings (SSSR count). The molecule has 6 nitrogen and oxygen atoms in total. The van der Waals surface area contributed by atoms with E-state index in [1.54, 1.807) is 0 Å². The van der Waals surface area contributed by atoms with Crippen LogP contribution in [-0.2, 0) is 10.0 Å². The van der Waals surface area contributed by atoms with Gasteiger partial charge in [0.1, 0.15) is 11.6 Å². The summed E-state index contributed by atoms with van der Waals surface area (Å²) in [6, 6.07) is 5.71. The van der Waals surface area contributed by atoms with Crippen LogP contribution in [-0.4, -0.2) is 50.5 Å². The van der Waals surface area contributed by atoms with E-state index in [1.165, 1.54) is 38.3 Å². The van der Waals surface area contributed by atoms with Gasteiger partial charge in [-0.25, -0.2) is 22.2 Å². The quantitative estimate of drug-likeness (QED) is 0.601. The molecule has 0 bridgehead atoms. The number of hydrogen-bond acceptors (Lipinski definition) is 5. The first-order chi connectivity index (χ1) is 16.1. The largest absolute Gasteiger partial charge is 0.371 e. The van der Waals surface area contributed by atoms with Crippen LogP contribution in [0.5, 0.6) is 0 Å². The standard InChI is InChI=1S/C24H29F3N4O2S/c1-15-18(31-12-11-24(14-31)10-9-19(24)30(2)16-5-3-6-16)13-17(25)23(22(15)27)34(32,33)29-21-8-4-7-20(26)28-21/h4,7-8,13,16,19H,3,5-6,9-12,14H2,1-2H3,(H,28,29)/t19-,24-/m0/s1. The summed E-state index contributed by atoms with van der Waals surface area (Å²) in [6.45, 7) is 2.84. The van der Waals surface area contributed by atoms with E-state index in [1.807, 2.05) is 9.62 Å². The molecule has 1 saturated heterocycles. The molecule has 1 spiro atoms. The Morgan fingerprint density at radius 3 is 2.56 bits per heavy atom. The van der Waals surface area contributed by atoms with Crippen molar-refractivity contribution in [2.45, 2.75) is 62.4 Å². The molecule has 0 radical (unpaired) electrons. The van der Waals surface area contributed by atoms with Gasteiger partial charge in [-0.3, -0.25) is 9.62 Å². The van der Waals surface area contributed by atoms with Crippen LogP contribution in [0.2, 0.25) is 0 Å². The number of nitrogens with zero attached hydrogens (tertiary/aromatic N) is 3. The molecular weight excluding hydrogens is 465 g/mol. The second-order valence-corrected chi connectivity index (χ2v) is 11.6. The van der Waals surface area contributed by atoms with Crippen LogP contribution in [0.25, 0.3) is 0 Å². The Labute approximate surface area is 198 Å². The fourth-order valence-corrected chi connectivity index (χ4v) is 7.05. The second kappa shape index (κ2) is 8.41. The summed E-state index contributed by atoms with van der Waals surface area (Å²) in [5, 5.41) is 0. The Hall–Kier alpha value is -2.33. The summed E-state index contributed by atoms with van der Waals surface area (Å²) in [5.41, 5.74) is 0.569. The molecule has 3 fully saturated rings. The molecule has 0 amide bonds. The smallest absolute Gasteiger partial charge is 0.268 e. The number of benzene rings is 1. The van der Waals surface area contributed by atoms with Crippen LogP contribution < -0.4 is 9.62 Å². The Morgan fingerprint density at radius 1 is 1.18 bits per heavy atom. The van der Waals surface area contributed by atoms with Crippen molar-refractivity contribution in [3.63, 3.8) is 0 Å². The minimum Gasteiger partial charge on any atom is -0.371 e. The monoisotopic (exact) mass is 494 g/mol. The third kappa shape index (κ3) is 3.84. The van der Waals surface area contributed by atoms with Crippen molar-refractivity contribution in [2.24, 2.45) is 5.41 Å².